The minimum atomic E-state index is -0.249. The van der Waals surface area contributed by atoms with Crippen LogP contribution in [0.15, 0.2) is 54.9 Å². The summed E-state index contributed by atoms with van der Waals surface area (Å²) in [4.78, 5) is 7.06. The van der Waals surface area contributed by atoms with E-state index >= 15 is 0 Å². The van der Waals surface area contributed by atoms with Crippen LogP contribution in [0.1, 0.15) is 83.3 Å². The molecule has 0 spiro atoms. The molecule has 1 atom stereocenters. The lowest BCUT2D eigenvalue weighted by molar-refractivity contribution is 0.0866. The second-order valence-electron chi connectivity index (χ2n) is 13.4. The molecule has 220 valence electrons. The summed E-state index contributed by atoms with van der Waals surface area (Å²) < 4.78 is 2.04. The van der Waals surface area contributed by atoms with Crippen LogP contribution in [0, 0.1) is 16.7 Å². The number of piperidine rings is 1. The van der Waals surface area contributed by atoms with Crippen LogP contribution in [0.4, 0.5) is 11.4 Å². The van der Waals surface area contributed by atoms with Crippen molar-refractivity contribution in [2.24, 2.45) is 5.41 Å². The third-order valence-electron chi connectivity index (χ3n) is 7.90. The lowest BCUT2D eigenvalue weighted by atomic mass is 9.96. The molecule has 1 fully saturated rings. The van der Waals surface area contributed by atoms with E-state index in [2.05, 4.69) is 96.8 Å². The van der Waals surface area contributed by atoms with Crippen molar-refractivity contribution in [1.29, 1.82) is 5.26 Å². The Morgan fingerprint density at radius 2 is 1.79 bits per heavy atom. The van der Waals surface area contributed by atoms with E-state index in [1.165, 1.54) is 0 Å². The van der Waals surface area contributed by atoms with Gasteiger partial charge in [0.2, 0.25) is 0 Å². The maximum absolute atomic E-state index is 9.85. The first-order chi connectivity index (χ1) is 19.9. The maximum atomic E-state index is 9.85. The molecule has 0 unspecified atom stereocenters. The zero-order valence-corrected chi connectivity index (χ0v) is 26.2. The van der Waals surface area contributed by atoms with Crippen LogP contribution in [0.3, 0.4) is 0 Å². The van der Waals surface area contributed by atoms with Crippen LogP contribution in [-0.2, 0) is 0 Å². The Morgan fingerprint density at radius 1 is 1.07 bits per heavy atom. The molecule has 2 aromatic heterocycles. The monoisotopic (exact) mass is 584 g/mol. The third-order valence-corrected chi connectivity index (χ3v) is 8.18. The van der Waals surface area contributed by atoms with E-state index in [4.69, 9.17) is 11.6 Å². The molecule has 5 rings (SSSR count). The number of halogens is 1. The van der Waals surface area contributed by atoms with Crippen molar-refractivity contribution in [2.75, 3.05) is 30.3 Å². The number of nitrogens with one attached hydrogen (secondary N) is 2. The Balaban J connectivity index is 1.48. The smallest absolute Gasteiger partial charge is 0.109 e. The van der Waals surface area contributed by atoms with Crippen molar-refractivity contribution in [3.63, 3.8) is 0 Å². The lowest BCUT2D eigenvalue weighted by Crippen LogP contribution is -2.46. The first kappa shape index (κ1) is 29.8. The third kappa shape index (κ3) is 6.69. The van der Waals surface area contributed by atoms with Crippen LogP contribution in [0.5, 0.6) is 0 Å². The summed E-state index contributed by atoms with van der Waals surface area (Å²) in [6.45, 7) is 16.1. The highest BCUT2D eigenvalue weighted by Crippen LogP contribution is 2.36. The number of fused-ring (bicyclic) bond motifs is 1. The van der Waals surface area contributed by atoms with Gasteiger partial charge in [-0.2, -0.15) is 5.26 Å². The van der Waals surface area contributed by atoms with Crippen molar-refractivity contribution in [2.45, 2.75) is 72.0 Å². The highest BCUT2D eigenvalue weighted by Gasteiger charge is 2.29. The fourth-order valence-corrected chi connectivity index (χ4v) is 5.78. The van der Waals surface area contributed by atoms with Crippen LogP contribution in [0.2, 0.25) is 5.02 Å². The van der Waals surface area contributed by atoms with Gasteiger partial charge in [-0.05, 0) is 56.7 Å². The van der Waals surface area contributed by atoms with E-state index < -0.39 is 0 Å². The number of pyridine rings is 1. The molecule has 8 nitrogen and oxygen atoms in total. The first-order valence-corrected chi connectivity index (χ1v) is 15.1. The van der Waals surface area contributed by atoms with Gasteiger partial charge >= 0.3 is 0 Å². The quantitative estimate of drug-likeness (QED) is 0.233. The summed E-state index contributed by atoms with van der Waals surface area (Å²) in [5.41, 5.74) is 4.80. The van der Waals surface area contributed by atoms with Gasteiger partial charge in [0.25, 0.3) is 0 Å². The van der Waals surface area contributed by atoms with Crippen molar-refractivity contribution in [3.8, 4) is 6.07 Å². The number of nitrogens with zero attached hydrogens (tertiary/aromatic N) is 6. The molecule has 3 heterocycles. The highest BCUT2D eigenvalue weighted by molar-refractivity contribution is 6.35. The summed E-state index contributed by atoms with van der Waals surface area (Å²) in [6, 6.07) is 16.5. The molecule has 0 radical (unpaired) electrons. The van der Waals surface area contributed by atoms with Crippen LogP contribution in [0.25, 0.3) is 10.9 Å². The van der Waals surface area contributed by atoms with E-state index in [1.54, 1.807) is 6.20 Å². The number of hydrogen-bond donors (Lipinski definition) is 2. The molecule has 1 aliphatic rings. The fraction of sp³-hybridized carbons (Fsp3) is 0.455. The van der Waals surface area contributed by atoms with Crippen LogP contribution in [-0.4, -0.2) is 50.1 Å². The average molecular weight is 585 g/mol. The average Bonchev–Trinajstić information content (AvgIpc) is 3.44. The molecule has 9 heteroatoms. The molecule has 1 aliphatic heterocycles. The van der Waals surface area contributed by atoms with Gasteiger partial charge in [-0.1, -0.05) is 67.9 Å². The second kappa shape index (κ2) is 11.9. The van der Waals surface area contributed by atoms with Crippen molar-refractivity contribution < 1.29 is 0 Å². The predicted molar refractivity (Wildman–Crippen MR) is 171 cm³/mol. The second-order valence-corrected chi connectivity index (χ2v) is 13.8. The molecule has 0 bridgehead atoms. The number of rotatable bonds is 7. The molecule has 0 amide bonds. The normalized spacial score (nSPS) is 15.9. The van der Waals surface area contributed by atoms with Gasteiger partial charge in [0, 0.05) is 42.4 Å². The SMILES string of the molecule is CC(C)(C)CNc1c(C#N)cnc2c(Cl)cc(N[C@@H](c3ccccc3)c3cn(C4CCN(C(C)(C)C)CC4)nn3)cc12. The molecule has 1 saturated heterocycles. The van der Waals surface area contributed by atoms with Gasteiger partial charge < -0.3 is 10.6 Å². The van der Waals surface area contributed by atoms with Gasteiger partial charge in [0.05, 0.1) is 40.1 Å². The van der Waals surface area contributed by atoms with Gasteiger partial charge in [0.1, 0.15) is 11.8 Å². The van der Waals surface area contributed by atoms with Gasteiger partial charge in [-0.3, -0.25) is 9.88 Å². The Labute approximate surface area is 254 Å². The van der Waals surface area contributed by atoms with E-state index in [9.17, 15) is 5.26 Å². The summed E-state index contributed by atoms with van der Waals surface area (Å²) in [7, 11) is 0. The topological polar surface area (TPSA) is 94.7 Å². The Bertz CT molecular complexity index is 1570. The lowest BCUT2D eigenvalue weighted by Gasteiger charge is -2.40. The fourth-order valence-electron chi connectivity index (χ4n) is 5.51. The minimum Gasteiger partial charge on any atom is -0.383 e. The Morgan fingerprint density at radius 3 is 2.43 bits per heavy atom. The summed E-state index contributed by atoms with van der Waals surface area (Å²) in [5, 5.41) is 27.6. The molecular formula is C33H41ClN8. The highest BCUT2D eigenvalue weighted by atomic mass is 35.5. The zero-order valence-electron chi connectivity index (χ0n) is 25.4. The number of nitriles is 1. The molecule has 42 heavy (non-hydrogen) atoms. The predicted octanol–water partition coefficient (Wildman–Crippen LogP) is 7.45. The molecule has 2 aromatic carbocycles. The van der Waals surface area contributed by atoms with E-state index in [0.717, 1.165) is 53.9 Å². The molecule has 0 aliphatic carbocycles. The van der Waals surface area contributed by atoms with Gasteiger partial charge in [0.15, 0.2) is 0 Å². The maximum Gasteiger partial charge on any atom is 0.109 e. The van der Waals surface area contributed by atoms with Crippen LogP contribution >= 0.6 is 11.6 Å². The minimum absolute atomic E-state index is 0.0234. The summed E-state index contributed by atoms with van der Waals surface area (Å²) in [6.07, 6.45) is 5.75. The molecular weight excluding hydrogens is 544 g/mol. The standard InChI is InChI=1S/C33H41ClN8/c1-32(2,3)21-37-29-23(18-35)19-36-31-26(29)16-24(17-27(31)34)38-30(22-10-8-7-9-11-22)28-20-42(40-39-28)25-12-14-41(15-13-25)33(4,5)6/h7-11,16-17,19-20,25,30,38H,12-15,21H2,1-6H3,(H,36,37)/t30-/m0/s1. The van der Waals surface area contributed by atoms with E-state index in [0.29, 0.717) is 28.7 Å². The molecule has 0 saturated carbocycles. The van der Waals surface area contributed by atoms with Gasteiger partial charge in [-0.25, -0.2) is 4.68 Å². The van der Waals surface area contributed by atoms with Crippen molar-refractivity contribution in [1.82, 2.24) is 24.9 Å². The number of hydrogen-bond acceptors (Lipinski definition) is 7. The summed E-state index contributed by atoms with van der Waals surface area (Å²) in [5.74, 6) is 0. The number of anilines is 2. The Kier molecular flexibility index (Phi) is 8.45. The number of aromatic nitrogens is 4. The zero-order chi connectivity index (χ0) is 30.1. The molecule has 4 aromatic rings. The van der Waals surface area contributed by atoms with Crippen molar-refractivity contribution >= 4 is 33.9 Å². The number of benzene rings is 2. The Hall–Kier alpha value is -3.67. The molecule has 2 N–H and O–H groups in total. The largest absolute Gasteiger partial charge is 0.383 e. The van der Waals surface area contributed by atoms with Crippen molar-refractivity contribution in [3.05, 3.63) is 76.7 Å². The van der Waals surface area contributed by atoms with E-state index in [1.807, 2.05) is 35.0 Å². The van der Waals surface area contributed by atoms with E-state index in [-0.39, 0.29) is 17.0 Å². The van der Waals surface area contributed by atoms with Crippen LogP contribution < -0.4 is 10.6 Å². The van der Waals surface area contributed by atoms with Gasteiger partial charge in [-0.15, -0.1) is 5.10 Å². The first-order valence-electron chi connectivity index (χ1n) is 14.7. The number of likely N-dealkylation sites (tertiary alicyclic amines) is 1. The summed E-state index contributed by atoms with van der Waals surface area (Å²) >= 11 is 6.80.